The van der Waals surface area contributed by atoms with E-state index in [0.29, 0.717) is 11.4 Å². The molecule has 24 heteroatoms. The Morgan fingerprint density at radius 3 is 1.11 bits per heavy atom. The first kappa shape index (κ1) is 55.1. The van der Waals surface area contributed by atoms with Crippen LogP contribution in [0.25, 0.3) is 43.1 Å². The van der Waals surface area contributed by atoms with Crippen LogP contribution in [0.2, 0.25) is 0 Å². The molecule has 0 saturated carbocycles. The maximum Gasteiger partial charge on any atom is 0.381 e. The number of ketones is 1. The van der Waals surface area contributed by atoms with Crippen molar-refractivity contribution in [1.82, 2.24) is 0 Å². The first-order valence-corrected chi connectivity index (χ1v) is 23.0. The highest BCUT2D eigenvalue weighted by atomic mass is 19.2. The van der Waals surface area contributed by atoms with Gasteiger partial charge in [-0.15, -0.1) is 21.9 Å². The number of aromatic nitrogens is 1. The number of benzene rings is 10. The van der Waals surface area contributed by atoms with Gasteiger partial charge in [0, 0.05) is 22.4 Å². The fourth-order valence-corrected chi connectivity index (χ4v) is 10.1. The third kappa shape index (κ3) is 8.39. The lowest BCUT2D eigenvalue weighted by Crippen LogP contribution is -2.81. The van der Waals surface area contributed by atoms with Crippen LogP contribution in [-0.2, 0) is 6.54 Å². The van der Waals surface area contributed by atoms with Crippen LogP contribution in [0.5, 0.6) is 11.6 Å². The Bertz CT molecular complexity index is 4050. The molecule has 0 N–H and O–H groups in total. The fourth-order valence-electron chi connectivity index (χ4n) is 10.1. The smallest absolute Gasteiger partial charge is 0.381 e. The van der Waals surface area contributed by atoms with Crippen LogP contribution >= 0.6 is 0 Å². The Balaban J connectivity index is 0.000000185. The van der Waals surface area contributed by atoms with Gasteiger partial charge in [0.05, 0.1) is 5.39 Å². The standard InChI is InChI=1S/C33H22NO2.C24BF20/c35-29(23-8-2-1-3-9-23)21-34-20-19-22-7-4-5-12-27(22)33(34)36-30-18-16-26-14-13-24-10-6-11-25-15-17-28(30)32(26)31(24)25;26-5-1(6(27)14(35)21(42)13(5)34)25(2-7(28)15(36)22(43)16(37)8(2)29,3-9(30)17(38)23(44)18(39)10(3)31)4-11(32)19(40)24(45)20(41)12(4)33/h1-20H,21H2;/q+1;-1. The van der Waals surface area contributed by atoms with E-state index in [1.54, 1.807) is 0 Å². The molecule has 3 nitrogen and oxygen atoms in total. The first-order chi connectivity index (χ1) is 38.5. The van der Waals surface area contributed by atoms with Gasteiger partial charge in [0.1, 0.15) is 58.4 Å². The number of ether oxygens (including phenoxy) is 1. The summed E-state index contributed by atoms with van der Waals surface area (Å²) in [6.45, 7) is 0.190. The molecule has 0 saturated heterocycles. The van der Waals surface area contributed by atoms with E-state index in [4.69, 9.17) is 4.74 Å². The van der Waals surface area contributed by atoms with Crippen LogP contribution in [0.4, 0.5) is 87.8 Å². The lowest BCUT2D eigenvalue weighted by atomic mass is 9.12. The number of rotatable bonds is 9. The van der Waals surface area contributed by atoms with Crippen molar-refractivity contribution in [1.29, 1.82) is 0 Å². The van der Waals surface area contributed by atoms with Gasteiger partial charge in [-0.3, -0.25) is 4.79 Å². The van der Waals surface area contributed by atoms with Crippen LogP contribution in [-0.4, -0.2) is 11.9 Å². The van der Waals surface area contributed by atoms with Gasteiger partial charge in [-0.1, -0.05) is 91.0 Å². The maximum atomic E-state index is 15.4. The van der Waals surface area contributed by atoms with Crippen molar-refractivity contribution < 1.29 is 102 Å². The van der Waals surface area contributed by atoms with Crippen molar-refractivity contribution in [3.8, 4) is 11.6 Å². The van der Waals surface area contributed by atoms with E-state index in [2.05, 4.69) is 54.6 Å². The van der Waals surface area contributed by atoms with E-state index in [9.17, 15) is 57.5 Å². The largest absolute Gasteiger partial charge is 0.404 e. The second-order valence-electron chi connectivity index (χ2n) is 17.9. The molecule has 410 valence electrons. The zero-order valence-electron chi connectivity index (χ0n) is 39.7. The lowest BCUT2D eigenvalue weighted by molar-refractivity contribution is -0.685. The van der Waals surface area contributed by atoms with Crippen LogP contribution in [0.3, 0.4) is 0 Å². The van der Waals surface area contributed by atoms with Crippen LogP contribution in [0.15, 0.2) is 121 Å². The zero-order valence-corrected chi connectivity index (χ0v) is 39.7. The van der Waals surface area contributed by atoms with Gasteiger partial charge in [0.15, 0.2) is 76.0 Å². The third-order valence-electron chi connectivity index (χ3n) is 13.7. The molecule has 0 radical (unpaired) electrons. The van der Waals surface area contributed by atoms with Crippen LogP contribution < -0.4 is 31.2 Å². The van der Waals surface area contributed by atoms with E-state index in [0.717, 1.165) is 21.9 Å². The Morgan fingerprint density at radius 2 is 0.679 bits per heavy atom. The molecule has 11 rings (SSSR count). The van der Waals surface area contributed by atoms with Crippen molar-refractivity contribution in [3.63, 3.8) is 0 Å². The SMILES string of the molecule is Fc1c(F)c(F)c([B-](c2c(F)c(F)c(F)c(F)c2F)(c2c(F)c(F)c(F)c(F)c2F)c2c(F)c(F)c(F)c(F)c2F)c(F)c1F.O=C(C[n+]1ccc2ccccc2c1Oc1ccc2ccc3cccc4ccc1c2c34)c1ccccc1. The average Bonchev–Trinajstić information content (AvgIpc) is 3.60. The van der Waals surface area contributed by atoms with Gasteiger partial charge in [-0.05, 0) is 45.1 Å². The normalized spacial score (nSPS) is 11.8. The van der Waals surface area contributed by atoms with Crippen molar-refractivity contribution in [2.24, 2.45) is 0 Å². The molecule has 1 heterocycles. The predicted octanol–water partition coefficient (Wildman–Crippen LogP) is 13.5. The molecule has 0 bridgehead atoms. The van der Waals surface area contributed by atoms with E-state index >= 15 is 35.1 Å². The summed E-state index contributed by atoms with van der Waals surface area (Å²) in [7, 11) is 0. The number of fused-ring (bicyclic) bond motifs is 1. The lowest BCUT2D eigenvalue weighted by Gasteiger charge is -2.44. The molecule has 0 atom stereocenters. The van der Waals surface area contributed by atoms with Crippen molar-refractivity contribution in [2.75, 3.05) is 0 Å². The van der Waals surface area contributed by atoms with Gasteiger partial charge in [-0.25, -0.2) is 87.8 Å². The Labute approximate surface area is 439 Å². The fraction of sp³-hybridized carbons (Fsp3) is 0.0175. The highest BCUT2D eigenvalue weighted by molar-refractivity contribution is 7.20. The van der Waals surface area contributed by atoms with E-state index in [1.807, 2.05) is 71.4 Å². The molecule has 0 aliphatic rings. The molecule has 81 heavy (non-hydrogen) atoms. The predicted molar refractivity (Wildman–Crippen MR) is 254 cm³/mol. The number of carbonyl (C=O) groups is 1. The van der Waals surface area contributed by atoms with E-state index in [1.165, 1.54) is 26.9 Å². The van der Waals surface area contributed by atoms with Crippen LogP contribution in [0.1, 0.15) is 10.4 Å². The number of hydrogen-bond acceptors (Lipinski definition) is 2. The third-order valence-corrected chi connectivity index (χ3v) is 13.7. The van der Waals surface area contributed by atoms with E-state index in [-0.39, 0.29) is 12.3 Å². The second kappa shape index (κ2) is 20.5. The number of Topliss-reactive ketones (excluding diaryl/α,β-unsaturated/α-hetero) is 1. The van der Waals surface area contributed by atoms with Gasteiger partial charge < -0.3 is 4.74 Å². The number of carbonyl (C=O) groups excluding carboxylic acids is 1. The quantitative estimate of drug-likeness (QED) is 0.0274. The Hall–Kier alpha value is -9.22. The van der Waals surface area contributed by atoms with Crippen molar-refractivity contribution in [3.05, 3.63) is 243 Å². The van der Waals surface area contributed by atoms with Crippen LogP contribution in [0, 0.1) is 116 Å². The summed E-state index contributed by atoms with van der Waals surface area (Å²) in [5.41, 5.74) is -13.6. The average molecular weight is 1140 g/mol. The van der Waals surface area contributed by atoms with Crippen molar-refractivity contribution >= 4 is 76.9 Å². The molecule has 10 aromatic carbocycles. The van der Waals surface area contributed by atoms with Gasteiger partial charge in [0.25, 0.3) is 0 Å². The summed E-state index contributed by atoms with van der Waals surface area (Å²) in [5.74, 6) is -69.9. The molecule has 0 spiro atoms. The molecule has 11 aromatic rings. The number of hydrogen-bond donors (Lipinski definition) is 0. The number of pyridine rings is 1. The minimum atomic E-state index is -7.22. The number of nitrogens with zero attached hydrogens (tertiary/aromatic N) is 1. The topological polar surface area (TPSA) is 30.2 Å². The molecule has 0 fully saturated rings. The number of halogens is 20. The van der Waals surface area contributed by atoms with E-state index < -0.39 is 144 Å². The van der Waals surface area contributed by atoms with Gasteiger partial charge in [-0.2, -0.15) is 4.57 Å². The first-order valence-electron chi connectivity index (χ1n) is 23.0. The molecule has 0 aliphatic carbocycles. The Kier molecular flexibility index (Phi) is 13.9. The van der Waals surface area contributed by atoms with Gasteiger partial charge >= 0.3 is 5.88 Å². The minimum absolute atomic E-state index is 0.0381. The maximum absolute atomic E-state index is 15.4. The molecule has 1 aromatic heterocycles. The molecule has 0 aliphatic heterocycles. The molecule has 0 unspecified atom stereocenters. The molecule has 0 amide bonds. The highest BCUT2D eigenvalue weighted by Crippen LogP contribution is 2.41. The molecular weight excluding hydrogens is 1120 g/mol. The summed E-state index contributed by atoms with van der Waals surface area (Å²) < 4.78 is 303. The summed E-state index contributed by atoms with van der Waals surface area (Å²) in [4.78, 5) is 13.1. The monoisotopic (exact) mass is 1140 g/mol. The highest BCUT2D eigenvalue weighted by Gasteiger charge is 2.52. The summed E-state index contributed by atoms with van der Waals surface area (Å²) in [5, 5.41) is 9.17. The Morgan fingerprint density at radius 1 is 0.333 bits per heavy atom. The summed E-state index contributed by atoms with van der Waals surface area (Å²) in [6, 6.07) is 38.8. The molecular formula is C57H22BF20NO2. The van der Waals surface area contributed by atoms with Gasteiger partial charge in [0.2, 0.25) is 12.3 Å². The summed E-state index contributed by atoms with van der Waals surface area (Å²) >= 11 is 0. The zero-order chi connectivity index (χ0) is 58.4. The minimum Gasteiger partial charge on any atom is -0.404 e. The van der Waals surface area contributed by atoms with Crippen molar-refractivity contribution in [2.45, 2.75) is 6.54 Å². The second-order valence-corrected chi connectivity index (χ2v) is 17.9. The summed E-state index contributed by atoms with van der Waals surface area (Å²) in [6.07, 6.45) is -5.28.